The Kier molecular flexibility index (Phi) is 8.23. The summed E-state index contributed by atoms with van der Waals surface area (Å²) in [6.45, 7) is 0. The quantitative estimate of drug-likeness (QED) is 0.116. The summed E-state index contributed by atoms with van der Waals surface area (Å²) in [6.07, 6.45) is 0. The molecule has 0 atom stereocenters. The van der Waals surface area contributed by atoms with Crippen molar-refractivity contribution in [2.24, 2.45) is 0 Å². The first-order valence-corrected chi connectivity index (χ1v) is 25.0. The standard InChI is InChI=1S/C61H41N5Si/c1-4-22-43(23-5-1)67(44-24-6-2-7-25-44,45-26-8-3-9-27-45)46-28-20-21-42(39-46)63-52-33-14-12-31-49(52)50-40-59(64-53-34-15-10-29-47(53)48-30-11-16-35-54(48)64)60(41-58(50)63)66-57-38-19-18-37-56(57)65-55-36-17-13-32-51(55)62-61(65)66/h1-41H. The second-order valence-corrected chi connectivity index (χ2v) is 21.3. The van der Waals surface area contributed by atoms with Gasteiger partial charge in [0.15, 0.2) is 8.07 Å². The van der Waals surface area contributed by atoms with Gasteiger partial charge >= 0.3 is 0 Å². The zero-order chi connectivity index (χ0) is 44.1. The molecule has 0 saturated heterocycles. The maximum Gasteiger partial charge on any atom is 0.220 e. The van der Waals surface area contributed by atoms with Crippen LogP contribution < -0.4 is 20.7 Å². The number of rotatable bonds is 7. The Labute approximate surface area is 387 Å². The fourth-order valence-corrected chi connectivity index (χ4v) is 16.1. The van der Waals surface area contributed by atoms with Crippen molar-refractivity contribution in [2.75, 3.05) is 0 Å². The molecule has 0 bridgehead atoms. The van der Waals surface area contributed by atoms with Gasteiger partial charge in [0.25, 0.3) is 0 Å². The van der Waals surface area contributed by atoms with E-state index in [1.54, 1.807) is 0 Å². The molecule has 0 aliphatic rings. The molecule has 6 heteroatoms. The molecule has 0 aliphatic carbocycles. The molecule has 0 unspecified atom stereocenters. The SMILES string of the molecule is c1ccc([Si](c2ccccc2)(c2ccccc2)c2cccc(-n3c4ccccc4c4cc(-n5c6ccccc6c6ccccc65)c(-n5c6ccccc6n6c7ccccc7nc56)cc43)c2)cc1. The second kappa shape index (κ2) is 14.7. The van der Waals surface area contributed by atoms with Gasteiger partial charge in [0.1, 0.15) is 0 Å². The third-order valence-electron chi connectivity index (χ3n) is 14.1. The normalized spacial score (nSPS) is 12.2. The molecular formula is C61H41N5Si. The smallest absolute Gasteiger partial charge is 0.220 e. The van der Waals surface area contributed by atoms with Crippen LogP contribution in [0.25, 0.3) is 88.5 Å². The molecule has 0 spiro atoms. The van der Waals surface area contributed by atoms with Crippen molar-refractivity contribution in [2.45, 2.75) is 0 Å². The van der Waals surface area contributed by atoms with E-state index >= 15 is 0 Å². The number of aromatic nitrogens is 5. The van der Waals surface area contributed by atoms with Crippen molar-refractivity contribution >= 4 is 100 Å². The van der Waals surface area contributed by atoms with Gasteiger partial charge in [-0.15, -0.1) is 0 Å². The van der Waals surface area contributed by atoms with Crippen molar-refractivity contribution in [1.82, 2.24) is 23.1 Å². The molecule has 4 aromatic heterocycles. The molecule has 0 amide bonds. The minimum atomic E-state index is -2.84. The van der Waals surface area contributed by atoms with Gasteiger partial charge in [-0.1, -0.05) is 182 Å². The summed E-state index contributed by atoms with van der Waals surface area (Å²) in [5, 5.41) is 10.2. The lowest BCUT2D eigenvalue weighted by molar-refractivity contribution is 1.06. The number of para-hydroxylation sites is 7. The fourth-order valence-electron chi connectivity index (χ4n) is 11.3. The summed E-state index contributed by atoms with van der Waals surface area (Å²) >= 11 is 0. The summed E-state index contributed by atoms with van der Waals surface area (Å²) in [5.74, 6) is 0.873. The first-order chi connectivity index (χ1) is 33.3. The third-order valence-corrected chi connectivity index (χ3v) is 18.9. The minimum Gasteiger partial charge on any atom is -0.309 e. The molecule has 10 aromatic carbocycles. The van der Waals surface area contributed by atoms with E-state index in [-0.39, 0.29) is 0 Å². The molecule has 14 rings (SSSR count). The minimum absolute atomic E-state index is 0.873. The number of benzene rings is 10. The lowest BCUT2D eigenvalue weighted by atomic mass is 10.1. The molecular weight excluding hydrogens is 831 g/mol. The van der Waals surface area contributed by atoms with Gasteiger partial charge in [-0.05, 0) is 87.5 Å². The summed E-state index contributed by atoms with van der Waals surface area (Å²) < 4.78 is 9.69. The summed E-state index contributed by atoms with van der Waals surface area (Å²) in [5.41, 5.74) is 12.1. The Hall–Kier alpha value is -8.71. The Morgan fingerprint density at radius 1 is 0.284 bits per heavy atom. The molecule has 0 aliphatic heterocycles. The van der Waals surface area contributed by atoms with Crippen molar-refractivity contribution in [1.29, 1.82) is 0 Å². The van der Waals surface area contributed by atoms with E-state index in [0.29, 0.717) is 0 Å². The van der Waals surface area contributed by atoms with Crippen LogP contribution in [-0.2, 0) is 0 Å². The number of hydrogen-bond donors (Lipinski definition) is 0. The van der Waals surface area contributed by atoms with E-state index in [1.807, 2.05) is 0 Å². The van der Waals surface area contributed by atoms with Gasteiger partial charge in [-0.3, -0.25) is 8.97 Å². The molecule has 67 heavy (non-hydrogen) atoms. The van der Waals surface area contributed by atoms with Crippen LogP contribution in [-0.4, -0.2) is 31.2 Å². The van der Waals surface area contributed by atoms with Crippen LogP contribution in [0, 0.1) is 0 Å². The van der Waals surface area contributed by atoms with Crippen LogP contribution in [0.3, 0.4) is 0 Å². The Balaban J connectivity index is 1.13. The lowest BCUT2D eigenvalue weighted by Gasteiger charge is -2.34. The fraction of sp³-hybridized carbons (Fsp3) is 0. The average Bonchev–Trinajstić information content (AvgIpc) is 4.13. The van der Waals surface area contributed by atoms with Crippen LogP contribution >= 0.6 is 0 Å². The molecule has 14 aromatic rings. The predicted octanol–water partition coefficient (Wildman–Crippen LogP) is 12.0. The highest BCUT2D eigenvalue weighted by atomic mass is 28.3. The van der Waals surface area contributed by atoms with Gasteiger partial charge in [0.05, 0.1) is 55.5 Å². The molecule has 4 heterocycles. The van der Waals surface area contributed by atoms with Crippen LogP contribution in [0.5, 0.6) is 0 Å². The average molecular weight is 872 g/mol. The highest BCUT2D eigenvalue weighted by Gasteiger charge is 2.41. The van der Waals surface area contributed by atoms with Gasteiger partial charge in [0.2, 0.25) is 5.78 Å². The zero-order valence-electron chi connectivity index (χ0n) is 36.4. The molecule has 0 N–H and O–H groups in total. The van der Waals surface area contributed by atoms with Crippen LogP contribution in [0.4, 0.5) is 0 Å². The summed E-state index contributed by atoms with van der Waals surface area (Å²) in [4.78, 5) is 5.42. The Morgan fingerprint density at radius 3 is 1.33 bits per heavy atom. The zero-order valence-corrected chi connectivity index (χ0v) is 37.4. The van der Waals surface area contributed by atoms with Gasteiger partial charge in [-0.2, -0.15) is 0 Å². The van der Waals surface area contributed by atoms with E-state index in [2.05, 4.69) is 267 Å². The topological polar surface area (TPSA) is 32.1 Å². The number of fused-ring (bicyclic) bond motifs is 11. The Morgan fingerprint density at radius 2 is 0.731 bits per heavy atom. The van der Waals surface area contributed by atoms with E-state index < -0.39 is 8.07 Å². The van der Waals surface area contributed by atoms with Crippen LogP contribution in [0.15, 0.2) is 249 Å². The number of hydrogen-bond acceptors (Lipinski definition) is 1. The highest BCUT2D eigenvalue weighted by Crippen LogP contribution is 2.41. The van der Waals surface area contributed by atoms with Gasteiger partial charge in [0, 0.05) is 27.2 Å². The molecule has 0 fully saturated rings. The molecule has 0 saturated carbocycles. The molecule has 314 valence electrons. The van der Waals surface area contributed by atoms with Crippen molar-refractivity contribution in [3.8, 4) is 17.1 Å². The predicted molar refractivity (Wildman–Crippen MR) is 282 cm³/mol. The van der Waals surface area contributed by atoms with E-state index in [4.69, 9.17) is 4.98 Å². The second-order valence-electron chi connectivity index (χ2n) is 17.5. The van der Waals surface area contributed by atoms with Crippen LogP contribution in [0.1, 0.15) is 0 Å². The Bertz CT molecular complexity index is 4070. The maximum absolute atomic E-state index is 5.42. The monoisotopic (exact) mass is 871 g/mol. The van der Waals surface area contributed by atoms with E-state index in [1.165, 1.54) is 42.3 Å². The number of nitrogens with zero attached hydrogens (tertiary/aromatic N) is 5. The van der Waals surface area contributed by atoms with Crippen LogP contribution in [0.2, 0.25) is 0 Å². The number of imidazole rings is 2. The largest absolute Gasteiger partial charge is 0.309 e. The van der Waals surface area contributed by atoms with E-state index in [9.17, 15) is 0 Å². The lowest BCUT2D eigenvalue weighted by Crippen LogP contribution is -2.74. The summed E-state index contributed by atoms with van der Waals surface area (Å²) in [6, 6.07) is 91.6. The van der Waals surface area contributed by atoms with Crippen molar-refractivity contribution in [3.63, 3.8) is 0 Å². The van der Waals surface area contributed by atoms with Crippen molar-refractivity contribution in [3.05, 3.63) is 249 Å². The first-order valence-electron chi connectivity index (χ1n) is 23.0. The van der Waals surface area contributed by atoms with Crippen molar-refractivity contribution < 1.29 is 0 Å². The molecule has 0 radical (unpaired) electrons. The molecule has 5 nitrogen and oxygen atoms in total. The first kappa shape index (κ1) is 37.6. The van der Waals surface area contributed by atoms with Gasteiger partial charge < -0.3 is 9.13 Å². The third kappa shape index (κ3) is 5.39. The highest BCUT2D eigenvalue weighted by molar-refractivity contribution is 7.19. The maximum atomic E-state index is 5.42. The van der Waals surface area contributed by atoms with E-state index in [0.717, 1.165) is 67.0 Å². The van der Waals surface area contributed by atoms with Gasteiger partial charge in [-0.25, -0.2) is 4.98 Å². The summed E-state index contributed by atoms with van der Waals surface area (Å²) in [7, 11) is -2.84.